The lowest BCUT2D eigenvalue weighted by Gasteiger charge is -2.08. The number of rotatable bonds is 6. The van der Waals surface area contributed by atoms with Crippen LogP contribution in [-0.2, 0) is 11.9 Å². The number of aromatic nitrogens is 3. The Balaban J connectivity index is 1.75. The highest BCUT2D eigenvalue weighted by Crippen LogP contribution is 2.16. The molecule has 1 aromatic heterocycles. The Bertz CT molecular complexity index is 539. The number of nitrogens with zero attached hydrogens (tertiary/aromatic N) is 3. The van der Waals surface area contributed by atoms with E-state index in [1.165, 1.54) is 11.1 Å². The number of hydrogen-bond donors (Lipinski definition) is 0. The Hall–Kier alpha value is -1.36. The molecular formula is C14H18BrN3O. The van der Waals surface area contributed by atoms with E-state index < -0.39 is 0 Å². The highest BCUT2D eigenvalue weighted by atomic mass is 79.9. The van der Waals surface area contributed by atoms with E-state index in [-0.39, 0.29) is 0 Å². The van der Waals surface area contributed by atoms with Gasteiger partial charge in [0, 0.05) is 24.5 Å². The molecule has 0 amide bonds. The fraction of sp³-hybridized carbons (Fsp3) is 0.429. The van der Waals surface area contributed by atoms with Gasteiger partial charge in [0.2, 0.25) is 0 Å². The summed E-state index contributed by atoms with van der Waals surface area (Å²) >= 11 is 3.36. The number of benzene rings is 1. The van der Waals surface area contributed by atoms with E-state index in [2.05, 4.69) is 52.2 Å². The van der Waals surface area contributed by atoms with Crippen molar-refractivity contribution in [1.29, 1.82) is 0 Å². The number of ether oxygens (including phenoxy) is 1. The molecule has 19 heavy (non-hydrogen) atoms. The quantitative estimate of drug-likeness (QED) is 0.605. The van der Waals surface area contributed by atoms with Crippen molar-refractivity contribution in [2.75, 3.05) is 6.61 Å². The van der Waals surface area contributed by atoms with Gasteiger partial charge in [-0.2, -0.15) is 0 Å². The number of alkyl halides is 1. The molecule has 0 bridgehead atoms. The van der Waals surface area contributed by atoms with Gasteiger partial charge < -0.3 is 4.74 Å². The van der Waals surface area contributed by atoms with Gasteiger partial charge in [-0.25, -0.2) is 0 Å². The molecule has 0 saturated heterocycles. The molecule has 1 aromatic carbocycles. The molecular weight excluding hydrogens is 306 g/mol. The fourth-order valence-electron chi connectivity index (χ4n) is 1.73. The molecule has 0 radical (unpaired) electrons. The van der Waals surface area contributed by atoms with Crippen molar-refractivity contribution < 1.29 is 4.74 Å². The minimum absolute atomic E-state index is 0.687. The van der Waals surface area contributed by atoms with Crippen LogP contribution < -0.4 is 4.74 Å². The average molecular weight is 324 g/mol. The molecule has 102 valence electrons. The Morgan fingerprint density at radius 2 is 2.11 bits per heavy atom. The Labute approximate surface area is 121 Å². The van der Waals surface area contributed by atoms with Gasteiger partial charge in [0.25, 0.3) is 0 Å². The monoisotopic (exact) mass is 323 g/mol. The van der Waals surface area contributed by atoms with E-state index in [0.29, 0.717) is 6.61 Å². The van der Waals surface area contributed by atoms with E-state index in [1.807, 2.05) is 16.9 Å². The second-order valence-corrected chi connectivity index (χ2v) is 5.12. The van der Waals surface area contributed by atoms with Crippen LogP contribution in [0.3, 0.4) is 0 Å². The molecule has 0 aliphatic carbocycles. The summed E-state index contributed by atoms with van der Waals surface area (Å²) in [5.41, 5.74) is 3.50. The predicted molar refractivity (Wildman–Crippen MR) is 78.7 cm³/mol. The summed E-state index contributed by atoms with van der Waals surface area (Å²) in [7, 11) is 0. The molecule has 0 aliphatic rings. The maximum absolute atomic E-state index is 5.73. The smallest absolute Gasteiger partial charge is 0.119 e. The molecule has 1 heterocycles. The third kappa shape index (κ3) is 4.06. The highest BCUT2D eigenvalue weighted by Gasteiger charge is 2.00. The van der Waals surface area contributed by atoms with Crippen molar-refractivity contribution in [3.05, 3.63) is 41.2 Å². The topological polar surface area (TPSA) is 39.9 Å². The van der Waals surface area contributed by atoms with Crippen LogP contribution in [0.4, 0.5) is 0 Å². The maximum Gasteiger partial charge on any atom is 0.119 e. The van der Waals surface area contributed by atoms with Crippen molar-refractivity contribution in [1.82, 2.24) is 15.0 Å². The van der Waals surface area contributed by atoms with Gasteiger partial charge in [0.05, 0.1) is 12.3 Å². The van der Waals surface area contributed by atoms with E-state index in [0.717, 1.165) is 29.7 Å². The van der Waals surface area contributed by atoms with Gasteiger partial charge in [-0.15, -0.1) is 5.10 Å². The van der Waals surface area contributed by atoms with E-state index in [1.54, 1.807) is 0 Å². The summed E-state index contributed by atoms with van der Waals surface area (Å²) in [4.78, 5) is 0. The summed E-state index contributed by atoms with van der Waals surface area (Å²) in [5.74, 6) is 0.933. The Morgan fingerprint density at radius 1 is 1.26 bits per heavy atom. The van der Waals surface area contributed by atoms with Crippen LogP contribution in [-0.4, -0.2) is 21.6 Å². The summed E-state index contributed by atoms with van der Waals surface area (Å²) in [6.07, 6.45) is 2.86. The summed E-state index contributed by atoms with van der Waals surface area (Å²) in [5, 5.41) is 8.80. The maximum atomic E-state index is 5.73. The van der Waals surface area contributed by atoms with E-state index in [9.17, 15) is 0 Å². The highest BCUT2D eigenvalue weighted by molar-refractivity contribution is 9.08. The molecule has 2 aromatic rings. The Morgan fingerprint density at radius 3 is 2.79 bits per heavy atom. The van der Waals surface area contributed by atoms with Crippen LogP contribution in [0, 0.1) is 13.8 Å². The molecule has 0 fully saturated rings. The number of hydrogen-bond acceptors (Lipinski definition) is 3. The molecule has 0 spiro atoms. The van der Waals surface area contributed by atoms with Crippen molar-refractivity contribution in [3.63, 3.8) is 0 Å². The summed E-state index contributed by atoms with van der Waals surface area (Å²) in [6.45, 7) is 5.71. The van der Waals surface area contributed by atoms with E-state index in [4.69, 9.17) is 4.74 Å². The average Bonchev–Trinajstić information content (AvgIpc) is 2.87. The van der Waals surface area contributed by atoms with Gasteiger partial charge in [-0.1, -0.05) is 27.2 Å². The van der Waals surface area contributed by atoms with Crippen molar-refractivity contribution >= 4 is 15.9 Å². The SMILES string of the molecule is Cc1ccc(OCCCn2cc(CBr)nn2)cc1C. The van der Waals surface area contributed by atoms with Gasteiger partial charge >= 0.3 is 0 Å². The Kier molecular flexibility index (Phi) is 4.96. The van der Waals surface area contributed by atoms with Crippen LogP contribution in [0.15, 0.2) is 24.4 Å². The number of aryl methyl sites for hydroxylation is 3. The third-order valence-electron chi connectivity index (χ3n) is 3.00. The molecule has 5 heteroatoms. The first-order valence-corrected chi connectivity index (χ1v) is 7.46. The lowest BCUT2D eigenvalue weighted by atomic mass is 10.1. The van der Waals surface area contributed by atoms with Crippen molar-refractivity contribution in [2.45, 2.75) is 32.1 Å². The van der Waals surface area contributed by atoms with Gasteiger partial charge in [-0.05, 0) is 37.1 Å². The molecule has 4 nitrogen and oxygen atoms in total. The molecule has 0 aliphatic heterocycles. The first-order valence-electron chi connectivity index (χ1n) is 6.34. The standard InChI is InChI=1S/C14H18BrN3O/c1-11-4-5-14(8-12(11)2)19-7-3-6-18-10-13(9-15)16-17-18/h4-5,8,10H,3,6-7,9H2,1-2H3. The minimum atomic E-state index is 0.687. The second kappa shape index (κ2) is 6.70. The van der Waals surface area contributed by atoms with E-state index >= 15 is 0 Å². The van der Waals surface area contributed by atoms with Crippen LogP contribution in [0.1, 0.15) is 23.2 Å². The van der Waals surface area contributed by atoms with Gasteiger partial charge in [0.15, 0.2) is 0 Å². The van der Waals surface area contributed by atoms with Crippen LogP contribution >= 0.6 is 15.9 Å². The lowest BCUT2D eigenvalue weighted by Crippen LogP contribution is -2.05. The van der Waals surface area contributed by atoms with Crippen LogP contribution in [0.5, 0.6) is 5.75 Å². The third-order valence-corrected chi connectivity index (χ3v) is 3.58. The first-order chi connectivity index (χ1) is 9.19. The van der Waals surface area contributed by atoms with Crippen LogP contribution in [0.25, 0.3) is 0 Å². The molecule has 0 saturated carbocycles. The van der Waals surface area contributed by atoms with Gasteiger partial charge in [-0.3, -0.25) is 4.68 Å². The zero-order chi connectivity index (χ0) is 13.7. The summed E-state index contributed by atoms with van der Waals surface area (Å²) < 4.78 is 7.57. The fourth-order valence-corrected chi connectivity index (χ4v) is 1.99. The minimum Gasteiger partial charge on any atom is -0.494 e. The first kappa shape index (κ1) is 14.1. The number of halogens is 1. The molecule has 0 N–H and O–H groups in total. The normalized spacial score (nSPS) is 10.7. The molecule has 2 rings (SSSR count). The lowest BCUT2D eigenvalue weighted by molar-refractivity contribution is 0.297. The predicted octanol–water partition coefficient (Wildman–Crippen LogP) is 3.26. The van der Waals surface area contributed by atoms with Crippen LogP contribution in [0.2, 0.25) is 0 Å². The van der Waals surface area contributed by atoms with Crippen molar-refractivity contribution in [3.8, 4) is 5.75 Å². The van der Waals surface area contributed by atoms with Gasteiger partial charge in [0.1, 0.15) is 5.75 Å². The zero-order valence-electron chi connectivity index (χ0n) is 11.3. The second-order valence-electron chi connectivity index (χ2n) is 4.55. The largest absolute Gasteiger partial charge is 0.494 e. The van der Waals surface area contributed by atoms with Crippen molar-refractivity contribution in [2.24, 2.45) is 0 Å². The molecule has 0 atom stereocenters. The molecule has 0 unspecified atom stereocenters. The zero-order valence-corrected chi connectivity index (χ0v) is 12.9. The summed E-state index contributed by atoms with van der Waals surface area (Å²) in [6, 6.07) is 6.18.